The molecule has 2 aliphatic heterocycles. The van der Waals surface area contributed by atoms with Gasteiger partial charge in [-0.3, -0.25) is 0 Å². The van der Waals surface area contributed by atoms with Crippen molar-refractivity contribution < 1.29 is 0 Å². The van der Waals surface area contributed by atoms with Crippen LogP contribution in [-0.4, -0.2) is 19.9 Å². The minimum absolute atomic E-state index is 0.861. The van der Waals surface area contributed by atoms with Gasteiger partial charge in [0.2, 0.25) is 0 Å². The predicted octanol–water partition coefficient (Wildman–Crippen LogP) is 10.6. The van der Waals surface area contributed by atoms with Gasteiger partial charge in [-0.2, -0.15) is 5.26 Å². The van der Waals surface area contributed by atoms with E-state index >= 15 is 0 Å². The normalized spacial score (nSPS) is 13.4. The van der Waals surface area contributed by atoms with Crippen LogP contribution in [0.4, 0.5) is 0 Å². The maximum absolute atomic E-state index is 9.65. The molecule has 0 saturated heterocycles. The van der Waals surface area contributed by atoms with Crippen LogP contribution in [0.1, 0.15) is 132 Å². The van der Waals surface area contributed by atoms with Crippen molar-refractivity contribution in [2.45, 2.75) is 107 Å². The molecule has 44 heavy (non-hydrogen) atoms. The van der Waals surface area contributed by atoms with E-state index in [1.165, 1.54) is 55.6 Å². The number of allylic oxidation sites excluding steroid dienone is 5. The van der Waals surface area contributed by atoms with Crippen molar-refractivity contribution in [3.05, 3.63) is 74.9 Å². The minimum Gasteiger partial charge on any atom is -0.355 e. The molecule has 228 valence electrons. The summed E-state index contributed by atoms with van der Waals surface area (Å²) in [5.74, 6) is 0. The first-order valence-electron chi connectivity index (χ1n) is 16.7. The highest BCUT2D eigenvalue weighted by Gasteiger charge is 2.26. The number of hydrogen-bond acceptors (Lipinski definition) is 3. The maximum Gasteiger partial charge on any atom is 0.0912 e. The zero-order valence-corrected chi connectivity index (χ0v) is 27.9. The second kappa shape index (κ2) is 13.2. The van der Waals surface area contributed by atoms with E-state index < -0.39 is 0 Å². The molecular formula is C39H47N5. The Morgan fingerprint density at radius 2 is 0.909 bits per heavy atom. The van der Waals surface area contributed by atoms with E-state index in [2.05, 4.69) is 89.6 Å². The lowest BCUT2D eigenvalue weighted by Gasteiger charge is -2.09. The quantitative estimate of drug-likeness (QED) is 0.245. The molecular weight excluding hydrogens is 538 g/mol. The first-order valence-corrected chi connectivity index (χ1v) is 16.7. The molecule has 5 nitrogen and oxygen atoms in total. The van der Waals surface area contributed by atoms with Gasteiger partial charge in [-0.15, -0.1) is 0 Å². The smallest absolute Gasteiger partial charge is 0.0912 e. The Hall–Kier alpha value is -4.17. The van der Waals surface area contributed by atoms with Gasteiger partial charge in [0.25, 0.3) is 0 Å². The van der Waals surface area contributed by atoms with Crippen LogP contribution in [0.3, 0.4) is 0 Å². The first-order chi connectivity index (χ1) is 21.4. The fourth-order valence-electron chi connectivity index (χ4n) is 7.50. The Kier molecular flexibility index (Phi) is 9.39. The molecule has 8 bridgehead atoms. The summed E-state index contributed by atoms with van der Waals surface area (Å²) in [4.78, 5) is 18.4. The molecule has 5 rings (SSSR count). The molecule has 3 aromatic rings. The number of rotatable bonds is 9. The summed E-state index contributed by atoms with van der Waals surface area (Å²) in [7, 11) is 0. The van der Waals surface area contributed by atoms with E-state index in [0.29, 0.717) is 0 Å². The van der Waals surface area contributed by atoms with Gasteiger partial charge >= 0.3 is 0 Å². The molecule has 0 spiro atoms. The largest absolute Gasteiger partial charge is 0.355 e. The highest BCUT2D eigenvalue weighted by molar-refractivity contribution is 6.00. The van der Waals surface area contributed by atoms with Crippen molar-refractivity contribution in [3.8, 4) is 6.07 Å². The summed E-state index contributed by atoms with van der Waals surface area (Å²) in [6.07, 6.45) is 10.8. The maximum atomic E-state index is 9.65. The van der Waals surface area contributed by atoms with Gasteiger partial charge in [0.15, 0.2) is 0 Å². The molecule has 0 amide bonds. The van der Waals surface area contributed by atoms with Crippen LogP contribution in [0.2, 0.25) is 0 Å². The van der Waals surface area contributed by atoms with Gasteiger partial charge in [-0.05, 0) is 120 Å². The molecule has 0 aromatic carbocycles. The van der Waals surface area contributed by atoms with Crippen LogP contribution in [-0.2, 0) is 25.7 Å². The Labute approximate surface area is 262 Å². The van der Waals surface area contributed by atoms with Crippen LogP contribution in [0, 0.1) is 11.3 Å². The number of hydrogen-bond donors (Lipinski definition) is 2. The van der Waals surface area contributed by atoms with Crippen LogP contribution in [0.25, 0.3) is 50.4 Å². The number of aryl methyl sites for hydroxylation is 4. The van der Waals surface area contributed by atoms with Crippen molar-refractivity contribution in [2.24, 2.45) is 0 Å². The molecule has 0 aliphatic carbocycles. The van der Waals surface area contributed by atoms with Gasteiger partial charge < -0.3 is 9.97 Å². The summed E-state index contributed by atoms with van der Waals surface area (Å²) in [6.45, 7) is 17.9. The van der Waals surface area contributed by atoms with Gasteiger partial charge in [0, 0.05) is 33.7 Å². The number of nitrogens with one attached hydrogen (secondary N) is 2. The van der Waals surface area contributed by atoms with Crippen molar-refractivity contribution in [1.29, 1.82) is 5.26 Å². The molecule has 0 fully saturated rings. The summed E-state index contributed by atoms with van der Waals surface area (Å²) in [5.41, 5.74) is 20.0. The van der Waals surface area contributed by atoms with Crippen molar-refractivity contribution in [2.75, 3.05) is 0 Å². The third-order valence-corrected chi connectivity index (χ3v) is 9.46. The van der Waals surface area contributed by atoms with Crippen molar-refractivity contribution >= 4 is 50.4 Å². The van der Waals surface area contributed by atoms with Crippen LogP contribution < -0.4 is 0 Å². The number of nitriles is 1. The Bertz CT molecular complexity index is 1770. The topological polar surface area (TPSA) is 81.2 Å². The van der Waals surface area contributed by atoms with Gasteiger partial charge in [0.05, 0.1) is 28.8 Å². The molecule has 5 heteroatoms. The molecule has 2 aliphatic rings. The zero-order chi connectivity index (χ0) is 31.5. The highest BCUT2D eigenvalue weighted by Crippen LogP contribution is 2.42. The highest BCUT2D eigenvalue weighted by atomic mass is 14.8. The average Bonchev–Trinajstić information content (AvgIpc) is 3.76. The lowest BCUT2D eigenvalue weighted by atomic mass is 9.93. The minimum atomic E-state index is 0.861. The lowest BCUT2D eigenvalue weighted by molar-refractivity contribution is 1.07. The molecule has 0 atom stereocenters. The summed E-state index contributed by atoms with van der Waals surface area (Å²) in [6, 6.07) is 9.10. The first kappa shape index (κ1) is 31.3. The van der Waals surface area contributed by atoms with E-state index in [-0.39, 0.29) is 0 Å². The molecule has 0 saturated carbocycles. The van der Waals surface area contributed by atoms with E-state index in [9.17, 15) is 5.26 Å². The van der Waals surface area contributed by atoms with E-state index in [0.717, 1.165) is 90.7 Å². The zero-order valence-electron chi connectivity index (χ0n) is 27.9. The molecule has 3 aromatic heterocycles. The number of fused-ring (bicyclic) bond motifs is 8. The van der Waals surface area contributed by atoms with Crippen LogP contribution in [0.5, 0.6) is 0 Å². The lowest BCUT2D eigenvalue weighted by Crippen LogP contribution is -1.94. The third-order valence-electron chi connectivity index (χ3n) is 9.46. The standard InChI is InChI=1S/C39H47N5/c1-9-23-25(11-3)34-21-36-27(13-5)29(15-7)38(43-36)31(18-17-19-40)39-30(16-8)28(14-6)37(44-39)22-35-26(12-4)24(10-2)33(42-35)20-32(23)41-34/h17-18,20-22,41-42H,9-16H2,1-8H3/b18-17+,32-20?,33-20?,34-21?,35-22?,36-21?,37-22?,38-31?,39-31?. The third kappa shape index (κ3) is 5.15. The second-order valence-corrected chi connectivity index (χ2v) is 11.6. The Morgan fingerprint density at radius 3 is 1.23 bits per heavy atom. The van der Waals surface area contributed by atoms with Gasteiger partial charge in [-0.25, -0.2) is 9.97 Å². The SMILES string of the molecule is CCC1=C(CC)c2nc1cc1[nH]c(cc3[nH]c(cc4nc(c2/C=C/C#N)C(CC)=C4CC)c(CC)c3CC)c(CC)c1CC. The number of aromatic amines is 2. The van der Waals surface area contributed by atoms with Gasteiger partial charge in [0.1, 0.15) is 0 Å². The van der Waals surface area contributed by atoms with Crippen molar-refractivity contribution in [1.82, 2.24) is 19.9 Å². The molecule has 0 unspecified atom stereocenters. The van der Waals surface area contributed by atoms with Crippen LogP contribution in [0.15, 0.2) is 24.3 Å². The Morgan fingerprint density at radius 1 is 0.545 bits per heavy atom. The fraction of sp³-hybridized carbons (Fsp3) is 0.410. The molecule has 5 heterocycles. The van der Waals surface area contributed by atoms with E-state index in [1.54, 1.807) is 6.08 Å². The number of H-pyrrole nitrogens is 2. The number of aromatic nitrogens is 4. The van der Waals surface area contributed by atoms with Gasteiger partial charge in [-0.1, -0.05) is 55.4 Å². The van der Waals surface area contributed by atoms with E-state index in [1.807, 2.05) is 6.08 Å². The average molecular weight is 586 g/mol. The van der Waals surface area contributed by atoms with Crippen LogP contribution >= 0.6 is 0 Å². The fourth-order valence-corrected chi connectivity index (χ4v) is 7.50. The molecule has 0 radical (unpaired) electrons. The predicted molar refractivity (Wildman–Crippen MR) is 188 cm³/mol. The van der Waals surface area contributed by atoms with E-state index in [4.69, 9.17) is 9.97 Å². The summed E-state index contributed by atoms with van der Waals surface area (Å²) < 4.78 is 0. The second-order valence-electron chi connectivity index (χ2n) is 11.6. The monoisotopic (exact) mass is 585 g/mol. The summed E-state index contributed by atoms with van der Waals surface area (Å²) in [5, 5.41) is 9.65. The summed E-state index contributed by atoms with van der Waals surface area (Å²) >= 11 is 0. The van der Waals surface area contributed by atoms with Crippen molar-refractivity contribution in [3.63, 3.8) is 0 Å². The Balaban J connectivity index is 2.12. The molecule has 2 N–H and O–H groups in total. The number of nitrogens with zero attached hydrogens (tertiary/aromatic N) is 3.